The normalized spacial score (nSPS) is 17.9. The highest BCUT2D eigenvalue weighted by Gasteiger charge is 2.31. The second-order valence-electron chi connectivity index (χ2n) is 10.7. The second kappa shape index (κ2) is 11.6. The van der Waals surface area contributed by atoms with E-state index in [0.717, 1.165) is 47.9 Å². The summed E-state index contributed by atoms with van der Waals surface area (Å²) in [6.07, 6.45) is 3.14. The van der Waals surface area contributed by atoms with Crippen LogP contribution in [0.25, 0.3) is 0 Å². The van der Waals surface area contributed by atoms with Gasteiger partial charge in [-0.25, -0.2) is 0 Å². The number of aryl methyl sites for hydroxylation is 3. The Bertz CT molecular complexity index is 1060. The Morgan fingerprint density at radius 1 is 1.09 bits per heavy atom. The number of aliphatic hydroxyl groups is 1. The van der Waals surface area contributed by atoms with E-state index in [1.807, 2.05) is 26.8 Å². The van der Waals surface area contributed by atoms with Crippen molar-refractivity contribution in [2.75, 3.05) is 6.61 Å². The van der Waals surface area contributed by atoms with E-state index in [-0.39, 0.29) is 28.4 Å². The highest BCUT2D eigenvalue weighted by molar-refractivity contribution is 8.15. The van der Waals surface area contributed by atoms with Gasteiger partial charge >= 0.3 is 0 Å². The van der Waals surface area contributed by atoms with Crippen molar-refractivity contribution in [1.29, 1.82) is 0 Å². The van der Waals surface area contributed by atoms with Crippen LogP contribution in [0.15, 0.2) is 36.4 Å². The molecule has 0 aliphatic carbocycles. The van der Waals surface area contributed by atoms with Crippen molar-refractivity contribution < 1.29 is 19.4 Å². The number of amides is 2. The molecule has 0 aromatic heterocycles. The minimum atomic E-state index is -0.515. The molecule has 3 unspecified atom stereocenters. The Hall–Kier alpha value is -2.31. The van der Waals surface area contributed by atoms with Crippen molar-refractivity contribution >= 4 is 22.9 Å². The molecule has 1 fully saturated rings. The molecule has 1 aliphatic heterocycles. The first kappa shape index (κ1) is 27.3. The third-order valence-corrected chi connectivity index (χ3v) is 7.90. The van der Waals surface area contributed by atoms with Crippen LogP contribution in [-0.2, 0) is 17.6 Å². The van der Waals surface area contributed by atoms with E-state index in [1.54, 1.807) is 0 Å². The fraction of sp³-hybridized carbons (Fsp3) is 0.517. The maximum atomic E-state index is 11.9. The fourth-order valence-corrected chi connectivity index (χ4v) is 5.17. The van der Waals surface area contributed by atoms with Gasteiger partial charge in [-0.1, -0.05) is 69.8 Å². The lowest BCUT2D eigenvalue weighted by Gasteiger charge is -2.26. The van der Waals surface area contributed by atoms with Crippen LogP contribution in [-0.4, -0.2) is 34.2 Å². The number of hydrogen-bond donors (Lipinski definition) is 2. The first-order chi connectivity index (χ1) is 16.5. The van der Waals surface area contributed by atoms with Gasteiger partial charge in [0.05, 0.1) is 11.4 Å². The highest BCUT2D eigenvalue weighted by Crippen LogP contribution is 2.30. The smallest absolute Gasteiger partial charge is 0.286 e. The van der Waals surface area contributed by atoms with Crippen LogP contribution in [0.4, 0.5) is 4.79 Å². The van der Waals surface area contributed by atoms with E-state index in [4.69, 9.17) is 4.74 Å². The van der Waals surface area contributed by atoms with Crippen LogP contribution in [0, 0.1) is 19.3 Å². The predicted octanol–water partition coefficient (Wildman–Crippen LogP) is 6.11. The van der Waals surface area contributed by atoms with Crippen LogP contribution >= 0.6 is 11.8 Å². The number of ether oxygens (including phenoxy) is 1. The van der Waals surface area contributed by atoms with E-state index < -0.39 is 6.10 Å². The molecule has 0 spiro atoms. The zero-order chi connectivity index (χ0) is 25.8. The second-order valence-corrected chi connectivity index (χ2v) is 11.9. The Labute approximate surface area is 214 Å². The lowest BCUT2D eigenvalue weighted by Crippen LogP contribution is -2.32. The van der Waals surface area contributed by atoms with Gasteiger partial charge in [-0.05, 0) is 84.7 Å². The average Bonchev–Trinajstić information content (AvgIpc) is 3.10. The highest BCUT2D eigenvalue weighted by atomic mass is 32.2. The molecule has 0 radical (unpaired) electrons. The van der Waals surface area contributed by atoms with Crippen molar-refractivity contribution in [2.45, 2.75) is 84.5 Å². The van der Waals surface area contributed by atoms with Gasteiger partial charge < -0.3 is 9.84 Å². The van der Waals surface area contributed by atoms with Gasteiger partial charge in [0, 0.05) is 0 Å². The number of hydrogen-bond acceptors (Lipinski definition) is 5. The van der Waals surface area contributed by atoms with Crippen LogP contribution in [0.5, 0.6) is 5.75 Å². The van der Waals surface area contributed by atoms with E-state index in [0.29, 0.717) is 12.3 Å². The maximum Gasteiger partial charge on any atom is 0.286 e. The number of aliphatic hydroxyl groups excluding tert-OH is 1. The van der Waals surface area contributed by atoms with Gasteiger partial charge in [0.2, 0.25) is 5.91 Å². The van der Waals surface area contributed by atoms with Crippen molar-refractivity contribution in [1.82, 2.24) is 5.32 Å². The van der Waals surface area contributed by atoms with Gasteiger partial charge in [-0.2, -0.15) is 0 Å². The number of rotatable bonds is 10. The number of nitrogens with one attached hydrogen (secondary N) is 1. The lowest BCUT2D eigenvalue weighted by atomic mass is 9.88. The molecule has 1 aliphatic rings. The molecule has 0 saturated carbocycles. The molecule has 1 heterocycles. The Balaban J connectivity index is 1.59. The van der Waals surface area contributed by atoms with E-state index >= 15 is 0 Å². The van der Waals surface area contributed by atoms with E-state index in [1.165, 1.54) is 16.7 Å². The molecule has 3 rings (SSSR count). The topological polar surface area (TPSA) is 75.6 Å². The molecule has 2 N–H and O–H groups in total. The monoisotopic (exact) mass is 497 g/mol. The minimum absolute atomic E-state index is 0.188. The quantitative estimate of drug-likeness (QED) is 0.414. The van der Waals surface area contributed by atoms with Gasteiger partial charge in [-0.15, -0.1) is 0 Å². The van der Waals surface area contributed by atoms with Crippen molar-refractivity contribution in [3.05, 3.63) is 64.2 Å². The fourth-order valence-electron chi connectivity index (χ4n) is 4.32. The number of thioether (sulfide) groups is 1. The zero-order valence-corrected chi connectivity index (χ0v) is 22.6. The van der Waals surface area contributed by atoms with Crippen LogP contribution in [0.1, 0.15) is 74.3 Å². The largest absolute Gasteiger partial charge is 0.491 e. The number of carbonyl (C=O) groups is 2. The summed E-state index contributed by atoms with van der Waals surface area (Å²) in [5.74, 6) is 1.09. The standard InChI is InChI=1S/C29H39NO4S/c1-7-21(23-12-11-22(18(2)15-23)16-25-27(32)30-28(33)35-25)10-8-20-9-13-24(19(3)14-20)34-17-26(31)29(4,5)6/h9,11-15,21,25-26,31H,7-8,10,16-17H2,1-6H3,(H,30,32,33). The van der Waals surface area contributed by atoms with Crippen LogP contribution in [0.3, 0.4) is 0 Å². The van der Waals surface area contributed by atoms with Crippen molar-refractivity contribution in [3.8, 4) is 5.75 Å². The van der Waals surface area contributed by atoms with Gasteiger partial charge in [0.25, 0.3) is 5.24 Å². The summed E-state index contributed by atoms with van der Waals surface area (Å²) in [6, 6.07) is 12.9. The number of imide groups is 1. The molecule has 2 aromatic rings. The average molecular weight is 498 g/mol. The Morgan fingerprint density at radius 3 is 2.40 bits per heavy atom. The SMILES string of the molecule is CCC(CCc1ccc(OCC(O)C(C)(C)C)c(C)c1)c1ccc(CC2SC(=O)NC2=O)c(C)c1. The van der Waals surface area contributed by atoms with Crippen molar-refractivity contribution in [2.24, 2.45) is 5.41 Å². The maximum absolute atomic E-state index is 11.9. The number of carbonyl (C=O) groups excluding carboxylic acids is 2. The van der Waals surface area contributed by atoms with Crippen molar-refractivity contribution in [3.63, 3.8) is 0 Å². The molecule has 0 bridgehead atoms. The first-order valence-corrected chi connectivity index (χ1v) is 13.4. The molecule has 190 valence electrons. The summed E-state index contributed by atoms with van der Waals surface area (Å²) < 4.78 is 5.89. The first-order valence-electron chi connectivity index (χ1n) is 12.5. The zero-order valence-electron chi connectivity index (χ0n) is 21.8. The van der Waals surface area contributed by atoms with E-state index in [2.05, 4.69) is 56.4 Å². The Morgan fingerprint density at radius 2 is 1.83 bits per heavy atom. The summed E-state index contributed by atoms with van der Waals surface area (Å²) in [5.41, 5.74) is 5.78. The molecular weight excluding hydrogens is 458 g/mol. The molecule has 3 atom stereocenters. The molecule has 2 amide bonds. The summed E-state index contributed by atoms with van der Waals surface area (Å²) in [7, 11) is 0. The van der Waals surface area contributed by atoms with Crippen LogP contribution in [0.2, 0.25) is 0 Å². The summed E-state index contributed by atoms with van der Waals surface area (Å²) in [6.45, 7) is 12.7. The van der Waals surface area contributed by atoms with Crippen LogP contribution < -0.4 is 10.1 Å². The molecule has 6 heteroatoms. The number of benzene rings is 2. The summed E-state index contributed by atoms with van der Waals surface area (Å²) >= 11 is 1.08. The summed E-state index contributed by atoms with van der Waals surface area (Å²) in [5, 5.41) is 12.0. The molecule has 5 nitrogen and oxygen atoms in total. The van der Waals surface area contributed by atoms with Gasteiger partial charge in [0.1, 0.15) is 12.4 Å². The molecular formula is C29H39NO4S. The Kier molecular flexibility index (Phi) is 9.05. The molecule has 35 heavy (non-hydrogen) atoms. The van der Waals surface area contributed by atoms with E-state index in [9.17, 15) is 14.7 Å². The van der Waals surface area contributed by atoms with Gasteiger partial charge in [0.15, 0.2) is 0 Å². The third-order valence-electron chi connectivity index (χ3n) is 6.92. The van der Waals surface area contributed by atoms with Gasteiger partial charge in [-0.3, -0.25) is 14.9 Å². The third kappa shape index (κ3) is 7.34. The summed E-state index contributed by atoms with van der Waals surface area (Å²) in [4.78, 5) is 23.4. The molecule has 2 aromatic carbocycles. The lowest BCUT2D eigenvalue weighted by molar-refractivity contribution is -0.118. The predicted molar refractivity (Wildman–Crippen MR) is 143 cm³/mol. The minimum Gasteiger partial charge on any atom is -0.491 e. The molecule has 1 saturated heterocycles.